The van der Waals surface area contributed by atoms with Gasteiger partial charge in [-0.05, 0) is 36.8 Å². The van der Waals surface area contributed by atoms with E-state index in [1.165, 1.54) is 11.1 Å². The van der Waals surface area contributed by atoms with Crippen molar-refractivity contribution in [2.75, 3.05) is 0 Å². The fourth-order valence-corrected chi connectivity index (χ4v) is 2.57. The van der Waals surface area contributed by atoms with Crippen LogP contribution in [0.5, 0.6) is 0 Å². The Hall–Kier alpha value is -2.22. The van der Waals surface area contributed by atoms with Crippen LogP contribution < -0.4 is 0 Å². The van der Waals surface area contributed by atoms with Crippen LogP contribution in [0.15, 0.2) is 70.9 Å². The fraction of sp³-hybridized carbons (Fsp3) is 0.364. The average Bonchev–Trinajstić information content (AvgIpc) is 2.65. The van der Waals surface area contributed by atoms with Crippen LogP contribution in [0.4, 0.5) is 0 Å². The lowest BCUT2D eigenvalue weighted by Crippen LogP contribution is -2.03. The molecule has 0 spiro atoms. The van der Waals surface area contributed by atoms with Crippen LogP contribution in [0.3, 0.4) is 0 Å². The van der Waals surface area contributed by atoms with Gasteiger partial charge in [-0.3, -0.25) is 0 Å². The number of nitrogens with zero attached hydrogens (tertiary/aromatic N) is 2. The molecule has 0 N–H and O–H groups in total. The first-order valence-corrected chi connectivity index (χ1v) is 9.09. The third-order valence-electron chi connectivity index (χ3n) is 4.04. The lowest BCUT2D eigenvalue weighted by molar-refractivity contribution is 0.826. The Kier molecular flexibility index (Phi) is 7.96. The topological polar surface area (TPSA) is 24.7 Å². The van der Waals surface area contributed by atoms with Crippen LogP contribution >= 0.6 is 0 Å². The molecule has 0 saturated heterocycles. The first kappa shape index (κ1) is 18.1. The van der Waals surface area contributed by atoms with Crippen LogP contribution in [-0.4, -0.2) is 11.4 Å². The van der Waals surface area contributed by atoms with Gasteiger partial charge in [-0.25, -0.2) is 0 Å². The Bertz CT molecular complexity index is 583. The van der Waals surface area contributed by atoms with E-state index in [4.69, 9.17) is 0 Å². The number of hydrogen-bond acceptors (Lipinski definition) is 2. The van der Waals surface area contributed by atoms with Crippen LogP contribution in [0.1, 0.15) is 63.5 Å². The first-order chi connectivity index (χ1) is 11.8. The minimum Gasteiger partial charge on any atom is -0.155 e. The van der Waals surface area contributed by atoms with Gasteiger partial charge in [-0.2, -0.15) is 10.2 Å². The van der Waals surface area contributed by atoms with Gasteiger partial charge in [0.05, 0.1) is 11.4 Å². The Morgan fingerprint density at radius 2 is 1.00 bits per heavy atom. The van der Waals surface area contributed by atoms with Gasteiger partial charge in [-0.1, -0.05) is 87.4 Å². The minimum atomic E-state index is 0.972. The van der Waals surface area contributed by atoms with Crippen LogP contribution in [0.25, 0.3) is 0 Å². The summed E-state index contributed by atoms with van der Waals surface area (Å²) in [5.74, 6) is 0. The summed E-state index contributed by atoms with van der Waals surface area (Å²) >= 11 is 0. The molecule has 126 valence electrons. The summed E-state index contributed by atoms with van der Waals surface area (Å²) in [4.78, 5) is 0. The van der Waals surface area contributed by atoms with E-state index in [0.29, 0.717) is 0 Å². The summed E-state index contributed by atoms with van der Waals surface area (Å²) in [5.41, 5.74) is 4.53. The molecule has 0 aliphatic heterocycles. The van der Waals surface area contributed by atoms with Gasteiger partial charge in [-0.15, -0.1) is 0 Å². The molecule has 2 aromatic rings. The second-order valence-electron chi connectivity index (χ2n) is 6.03. The van der Waals surface area contributed by atoms with E-state index in [2.05, 4.69) is 72.6 Å². The van der Waals surface area contributed by atoms with E-state index >= 15 is 0 Å². The van der Waals surface area contributed by atoms with Gasteiger partial charge < -0.3 is 0 Å². The van der Waals surface area contributed by atoms with E-state index in [0.717, 1.165) is 49.9 Å². The molecule has 0 aliphatic carbocycles. The third kappa shape index (κ3) is 5.77. The molecule has 0 aliphatic rings. The van der Waals surface area contributed by atoms with Crippen molar-refractivity contribution in [2.45, 2.75) is 52.4 Å². The Morgan fingerprint density at radius 1 is 0.625 bits per heavy atom. The lowest BCUT2D eigenvalue weighted by Gasteiger charge is -2.07. The van der Waals surface area contributed by atoms with Gasteiger partial charge in [0, 0.05) is 0 Å². The monoisotopic (exact) mass is 320 g/mol. The highest BCUT2D eigenvalue weighted by Crippen LogP contribution is 2.12. The van der Waals surface area contributed by atoms with Crippen molar-refractivity contribution in [3.05, 3.63) is 71.8 Å². The van der Waals surface area contributed by atoms with E-state index in [1.807, 2.05) is 12.1 Å². The number of hydrogen-bond donors (Lipinski definition) is 0. The maximum Gasteiger partial charge on any atom is 0.0702 e. The molecular weight excluding hydrogens is 292 g/mol. The molecule has 2 nitrogen and oxygen atoms in total. The van der Waals surface area contributed by atoms with E-state index in [-0.39, 0.29) is 0 Å². The number of benzene rings is 2. The van der Waals surface area contributed by atoms with Gasteiger partial charge in [0.25, 0.3) is 0 Å². The van der Waals surface area contributed by atoms with E-state index < -0.39 is 0 Å². The molecule has 0 bridgehead atoms. The quantitative estimate of drug-likeness (QED) is 0.385. The highest BCUT2D eigenvalue weighted by atomic mass is 15.2. The fourth-order valence-electron chi connectivity index (χ4n) is 2.57. The number of rotatable bonds is 9. The summed E-state index contributed by atoms with van der Waals surface area (Å²) in [7, 11) is 0. The zero-order chi connectivity index (χ0) is 17.0. The zero-order valence-electron chi connectivity index (χ0n) is 14.9. The van der Waals surface area contributed by atoms with Gasteiger partial charge in [0.2, 0.25) is 0 Å². The van der Waals surface area contributed by atoms with Gasteiger partial charge in [0.1, 0.15) is 0 Å². The summed E-state index contributed by atoms with van der Waals surface area (Å²) in [6.45, 7) is 4.42. The molecule has 0 amide bonds. The summed E-state index contributed by atoms with van der Waals surface area (Å²) in [6.07, 6.45) is 6.55. The van der Waals surface area contributed by atoms with Crippen molar-refractivity contribution in [3.8, 4) is 0 Å². The highest BCUT2D eigenvalue weighted by Gasteiger charge is 2.05. The van der Waals surface area contributed by atoms with Crippen molar-refractivity contribution in [2.24, 2.45) is 10.2 Å². The average molecular weight is 320 g/mol. The third-order valence-corrected chi connectivity index (χ3v) is 4.04. The molecule has 0 saturated carbocycles. The Morgan fingerprint density at radius 3 is 1.33 bits per heavy atom. The molecule has 0 fully saturated rings. The van der Waals surface area contributed by atoms with Crippen molar-refractivity contribution in [1.82, 2.24) is 0 Å². The predicted octanol–water partition coefficient (Wildman–Crippen LogP) is 6.26. The molecule has 2 rings (SSSR count). The molecule has 0 aromatic heterocycles. The molecule has 2 heteroatoms. The summed E-state index contributed by atoms with van der Waals surface area (Å²) in [5, 5.41) is 9.33. The summed E-state index contributed by atoms with van der Waals surface area (Å²) < 4.78 is 0. The van der Waals surface area contributed by atoms with E-state index in [1.54, 1.807) is 0 Å². The van der Waals surface area contributed by atoms with Crippen LogP contribution in [0, 0.1) is 0 Å². The second-order valence-corrected chi connectivity index (χ2v) is 6.03. The molecule has 0 radical (unpaired) electrons. The maximum atomic E-state index is 4.67. The molecule has 0 heterocycles. The predicted molar refractivity (Wildman–Crippen MR) is 105 cm³/mol. The zero-order valence-corrected chi connectivity index (χ0v) is 14.9. The van der Waals surface area contributed by atoms with E-state index in [9.17, 15) is 0 Å². The van der Waals surface area contributed by atoms with Gasteiger partial charge >= 0.3 is 0 Å². The molecule has 0 atom stereocenters. The SMILES string of the molecule is CCCC/C(=N\N=C(/CCCC)c1ccccc1)c1ccccc1. The van der Waals surface area contributed by atoms with Crippen molar-refractivity contribution in [3.63, 3.8) is 0 Å². The maximum absolute atomic E-state index is 4.67. The Labute approximate surface area is 146 Å². The van der Waals surface area contributed by atoms with Crippen LogP contribution in [-0.2, 0) is 0 Å². The lowest BCUT2D eigenvalue weighted by atomic mass is 10.0. The largest absolute Gasteiger partial charge is 0.155 e. The smallest absolute Gasteiger partial charge is 0.0702 e. The minimum absolute atomic E-state index is 0.972. The highest BCUT2D eigenvalue weighted by molar-refractivity contribution is 6.03. The van der Waals surface area contributed by atoms with Crippen LogP contribution in [0.2, 0.25) is 0 Å². The second kappa shape index (κ2) is 10.5. The van der Waals surface area contributed by atoms with Crippen molar-refractivity contribution < 1.29 is 0 Å². The summed E-state index contributed by atoms with van der Waals surface area (Å²) in [6, 6.07) is 20.8. The normalized spacial score (nSPS) is 12.4. The molecule has 2 aromatic carbocycles. The molecule has 24 heavy (non-hydrogen) atoms. The Balaban J connectivity index is 2.31. The first-order valence-electron chi connectivity index (χ1n) is 9.09. The number of unbranched alkanes of at least 4 members (excludes halogenated alkanes) is 2. The molecular formula is C22H28N2. The molecule has 0 unspecified atom stereocenters. The van der Waals surface area contributed by atoms with Crippen molar-refractivity contribution >= 4 is 11.4 Å². The van der Waals surface area contributed by atoms with Crippen molar-refractivity contribution in [1.29, 1.82) is 0 Å². The van der Waals surface area contributed by atoms with Gasteiger partial charge in [0.15, 0.2) is 0 Å². The standard InChI is InChI=1S/C22H28N2/c1-3-5-17-21(19-13-9-7-10-14-19)23-24-22(18-6-4-2)20-15-11-8-12-16-20/h7-16H,3-6,17-18H2,1-2H3/b23-21+,24-22+.